The van der Waals surface area contributed by atoms with Crippen molar-refractivity contribution in [1.29, 1.82) is 0 Å². The number of primary amides is 1. The van der Waals surface area contributed by atoms with Gasteiger partial charge in [-0.3, -0.25) is 4.79 Å². The SMILES string of the molecule is CCC(Sc1nnc(Nc2cccc(C)c2)s1)C(N)=O. The van der Waals surface area contributed by atoms with Gasteiger partial charge in [0.25, 0.3) is 0 Å². The van der Waals surface area contributed by atoms with Crippen LogP contribution in [0.15, 0.2) is 28.6 Å². The minimum atomic E-state index is -0.319. The number of hydrogen-bond donors (Lipinski definition) is 2. The van der Waals surface area contributed by atoms with E-state index in [0.717, 1.165) is 10.0 Å². The molecule has 1 atom stereocenters. The average molecular weight is 308 g/mol. The number of thioether (sulfide) groups is 1. The van der Waals surface area contributed by atoms with E-state index < -0.39 is 0 Å². The minimum Gasteiger partial charge on any atom is -0.369 e. The Balaban J connectivity index is 2.04. The molecule has 0 aliphatic rings. The van der Waals surface area contributed by atoms with Crippen molar-refractivity contribution in [2.24, 2.45) is 5.73 Å². The largest absolute Gasteiger partial charge is 0.369 e. The highest BCUT2D eigenvalue weighted by Crippen LogP contribution is 2.31. The molecule has 20 heavy (non-hydrogen) atoms. The maximum atomic E-state index is 11.2. The summed E-state index contributed by atoms with van der Waals surface area (Å²) in [5.41, 5.74) is 7.47. The summed E-state index contributed by atoms with van der Waals surface area (Å²) in [6.07, 6.45) is 0.681. The molecule has 0 spiro atoms. The molecule has 2 aromatic rings. The number of rotatable bonds is 6. The Labute approximate surface area is 126 Å². The standard InChI is InChI=1S/C13H16N4OS2/c1-3-10(11(14)18)19-13-17-16-12(20-13)15-9-6-4-5-8(2)7-9/h4-7,10H,3H2,1-2H3,(H2,14,18)(H,15,16). The maximum absolute atomic E-state index is 11.2. The van der Waals surface area contributed by atoms with Crippen LogP contribution >= 0.6 is 23.1 Å². The second-order valence-corrected chi connectivity index (χ2v) is 6.71. The molecule has 1 heterocycles. The fraction of sp³-hybridized carbons (Fsp3) is 0.308. The van der Waals surface area contributed by atoms with Gasteiger partial charge in [0.1, 0.15) is 0 Å². The third-order valence-corrected chi connectivity index (χ3v) is 4.91. The summed E-state index contributed by atoms with van der Waals surface area (Å²) in [5.74, 6) is -0.319. The van der Waals surface area contributed by atoms with Crippen molar-refractivity contribution in [3.63, 3.8) is 0 Å². The summed E-state index contributed by atoms with van der Waals surface area (Å²) in [6.45, 7) is 3.96. The predicted molar refractivity (Wildman–Crippen MR) is 83.5 cm³/mol. The number of nitrogens with two attached hydrogens (primary N) is 1. The summed E-state index contributed by atoms with van der Waals surface area (Å²) in [7, 11) is 0. The van der Waals surface area contributed by atoms with E-state index in [4.69, 9.17) is 5.73 Å². The monoisotopic (exact) mass is 308 g/mol. The number of amides is 1. The molecule has 0 fully saturated rings. The van der Waals surface area contributed by atoms with Crippen molar-refractivity contribution < 1.29 is 4.79 Å². The van der Waals surface area contributed by atoms with Gasteiger partial charge in [0.15, 0.2) is 4.34 Å². The highest BCUT2D eigenvalue weighted by Gasteiger charge is 2.17. The van der Waals surface area contributed by atoms with Crippen LogP contribution < -0.4 is 11.1 Å². The Kier molecular flexibility index (Phi) is 4.97. The second kappa shape index (κ2) is 6.71. The van der Waals surface area contributed by atoms with Gasteiger partial charge >= 0.3 is 0 Å². The molecule has 1 amide bonds. The van der Waals surface area contributed by atoms with Crippen LogP contribution in [0.1, 0.15) is 18.9 Å². The fourth-order valence-electron chi connectivity index (χ4n) is 1.62. The number of carbonyl (C=O) groups is 1. The zero-order valence-corrected chi connectivity index (χ0v) is 12.9. The van der Waals surface area contributed by atoms with Gasteiger partial charge in [0, 0.05) is 5.69 Å². The number of nitrogens with one attached hydrogen (secondary N) is 1. The molecule has 0 saturated heterocycles. The first kappa shape index (κ1) is 14.8. The molecule has 0 bridgehead atoms. The molecule has 0 aliphatic heterocycles. The molecule has 0 radical (unpaired) electrons. The van der Waals surface area contributed by atoms with E-state index in [0.29, 0.717) is 11.6 Å². The molecular weight excluding hydrogens is 292 g/mol. The number of hydrogen-bond acceptors (Lipinski definition) is 6. The van der Waals surface area contributed by atoms with Crippen molar-refractivity contribution in [2.75, 3.05) is 5.32 Å². The third kappa shape index (κ3) is 3.94. The first-order valence-electron chi connectivity index (χ1n) is 6.21. The van der Waals surface area contributed by atoms with Crippen LogP contribution in [-0.2, 0) is 4.79 Å². The Morgan fingerprint density at radius 2 is 2.30 bits per heavy atom. The van der Waals surface area contributed by atoms with Crippen LogP contribution in [0.3, 0.4) is 0 Å². The van der Waals surface area contributed by atoms with Gasteiger partial charge < -0.3 is 11.1 Å². The lowest BCUT2D eigenvalue weighted by Crippen LogP contribution is -2.24. The van der Waals surface area contributed by atoms with E-state index in [-0.39, 0.29) is 11.2 Å². The predicted octanol–water partition coefficient (Wildman–Crippen LogP) is 2.95. The Bertz CT molecular complexity index is 600. The number of aryl methyl sites for hydroxylation is 1. The van der Waals surface area contributed by atoms with E-state index in [1.807, 2.05) is 38.1 Å². The lowest BCUT2D eigenvalue weighted by Gasteiger charge is -2.06. The fourth-order valence-corrected chi connectivity index (χ4v) is 3.51. The Morgan fingerprint density at radius 1 is 1.50 bits per heavy atom. The molecule has 2 rings (SSSR count). The number of nitrogens with zero attached hydrogens (tertiary/aromatic N) is 2. The van der Waals surface area contributed by atoms with Gasteiger partial charge in [-0.15, -0.1) is 10.2 Å². The molecule has 1 unspecified atom stereocenters. The van der Waals surface area contributed by atoms with Gasteiger partial charge in [-0.1, -0.05) is 42.2 Å². The van der Waals surface area contributed by atoms with Crippen molar-refractivity contribution in [1.82, 2.24) is 10.2 Å². The number of aromatic nitrogens is 2. The smallest absolute Gasteiger partial charge is 0.230 e. The summed E-state index contributed by atoms with van der Waals surface area (Å²) in [4.78, 5) is 11.2. The first-order chi connectivity index (χ1) is 9.58. The molecule has 1 aromatic heterocycles. The number of anilines is 2. The molecule has 106 valence electrons. The van der Waals surface area contributed by atoms with Crippen LogP contribution in [0.25, 0.3) is 0 Å². The first-order valence-corrected chi connectivity index (χ1v) is 7.91. The van der Waals surface area contributed by atoms with Crippen LogP contribution in [0.2, 0.25) is 0 Å². The van der Waals surface area contributed by atoms with Crippen molar-refractivity contribution in [3.8, 4) is 0 Å². The zero-order valence-electron chi connectivity index (χ0n) is 11.3. The molecule has 1 aromatic carbocycles. The van der Waals surface area contributed by atoms with Crippen LogP contribution in [0, 0.1) is 6.92 Å². The van der Waals surface area contributed by atoms with E-state index in [9.17, 15) is 4.79 Å². The quantitative estimate of drug-likeness (QED) is 0.802. The lowest BCUT2D eigenvalue weighted by molar-refractivity contribution is -0.117. The Hall–Kier alpha value is -1.60. The van der Waals surface area contributed by atoms with Crippen molar-refractivity contribution in [3.05, 3.63) is 29.8 Å². The second-order valence-electron chi connectivity index (χ2n) is 4.28. The van der Waals surface area contributed by atoms with Crippen LogP contribution in [-0.4, -0.2) is 21.4 Å². The van der Waals surface area contributed by atoms with E-state index in [2.05, 4.69) is 15.5 Å². The molecule has 3 N–H and O–H groups in total. The molecule has 5 nitrogen and oxygen atoms in total. The lowest BCUT2D eigenvalue weighted by atomic mass is 10.2. The normalized spacial score (nSPS) is 12.1. The van der Waals surface area contributed by atoms with E-state index in [1.54, 1.807) is 0 Å². The van der Waals surface area contributed by atoms with Gasteiger partial charge in [0.05, 0.1) is 5.25 Å². The minimum absolute atomic E-state index is 0.255. The van der Waals surface area contributed by atoms with Crippen molar-refractivity contribution >= 4 is 39.8 Å². The molecule has 7 heteroatoms. The van der Waals surface area contributed by atoms with Gasteiger partial charge in [0.2, 0.25) is 11.0 Å². The highest BCUT2D eigenvalue weighted by atomic mass is 32.2. The van der Waals surface area contributed by atoms with E-state index in [1.165, 1.54) is 28.7 Å². The maximum Gasteiger partial charge on any atom is 0.230 e. The number of benzene rings is 1. The molecule has 0 saturated carbocycles. The van der Waals surface area contributed by atoms with Crippen LogP contribution in [0.5, 0.6) is 0 Å². The zero-order chi connectivity index (χ0) is 14.5. The molecular formula is C13H16N4OS2. The van der Waals surface area contributed by atoms with Gasteiger partial charge in [-0.2, -0.15) is 0 Å². The summed E-state index contributed by atoms with van der Waals surface area (Å²) in [5, 5.41) is 11.8. The topological polar surface area (TPSA) is 80.9 Å². The summed E-state index contributed by atoms with van der Waals surface area (Å²) in [6, 6.07) is 8.02. The number of carbonyl (C=O) groups excluding carboxylic acids is 1. The highest BCUT2D eigenvalue weighted by molar-refractivity contribution is 8.02. The van der Waals surface area contributed by atoms with E-state index >= 15 is 0 Å². The molecule has 0 aliphatic carbocycles. The van der Waals surface area contributed by atoms with Gasteiger partial charge in [-0.25, -0.2) is 0 Å². The Morgan fingerprint density at radius 3 is 2.95 bits per heavy atom. The van der Waals surface area contributed by atoms with Crippen molar-refractivity contribution in [2.45, 2.75) is 29.9 Å². The van der Waals surface area contributed by atoms with Gasteiger partial charge in [-0.05, 0) is 31.0 Å². The van der Waals surface area contributed by atoms with Crippen LogP contribution in [0.4, 0.5) is 10.8 Å². The summed E-state index contributed by atoms with van der Waals surface area (Å²) >= 11 is 2.78. The summed E-state index contributed by atoms with van der Waals surface area (Å²) < 4.78 is 0.741. The third-order valence-electron chi connectivity index (χ3n) is 2.61. The average Bonchev–Trinajstić information content (AvgIpc) is 2.83.